The van der Waals surface area contributed by atoms with Crippen molar-refractivity contribution in [1.29, 1.82) is 0 Å². The molecule has 1 amide bonds. The van der Waals surface area contributed by atoms with Crippen molar-refractivity contribution in [3.8, 4) is 5.88 Å². The lowest BCUT2D eigenvalue weighted by atomic mass is 10.2. The predicted octanol–water partition coefficient (Wildman–Crippen LogP) is 1.71. The van der Waals surface area contributed by atoms with Crippen molar-refractivity contribution in [2.24, 2.45) is 0 Å². The Morgan fingerprint density at radius 3 is 2.84 bits per heavy atom. The second-order valence-electron chi connectivity index (χ2n) is 5.87. The highest BCUT2D eigenvalue weighted by atomic mass is 16.5. The molecule has 0 atom stereocenters. The summed E-state index contributed by atoms with van der Waals surface area (Å²) in [7, 11) is 0. The van der Waals surface area contributed by atoms with Gasteiger partial charge in [-0.3, -0.25) is 9.69 Å². The molecule has 134 valence electrons. The Morgan fingerprint density at radius 2 is 2.04 bits per heavy atom. The number of nitrogens with zero attached hydrogens (tertiary/aromatic N) is 2. The molecule has 7 nitrogen and oxygen atoms in total. The summed E-state index contributed by atoms with van der Waals surface area (Å²) in [6.45, 7) is 5.42. The fourth-order valence-electron chi connectivity index (χ4n) is 2.58. The number of ether oxygens (including phenoxy) is 2. The first kappa shape index (κ1) is 17.4. The summed E-state index contributed by atoms with van der Waals surface area (Å²) < 4.78 is 15.9. The number of nitrogens with one attached hydrogen (secondary N) is 1. The molecule has 7 heteroatoms. The Morgan fingerprint density at radius 1 is 1.24 bits per heavy atom. The average molecular weight is 345 g/mol. The van der Waals surface area contributed by atoms with E-state index in [1.54, 1.807) is 0 Å². The fraction of sp³-hybridized carbons (Fsp3) is 0.444. The maximum absolute atomic E-state index is 12.0. The van der Waals surface area contributed by atoms with Gasteiger partial charge < -0.3 is 19.3 Å². The van der Waals surface area contributed by atoms with Gasteiger partial charge in [0.05, 0.1) is 19.3 Å². The number of morpholine rings is 1. The first-order valence-corrected chi connectivity index (χ1v) is 8.53. The van der Waals surface area contributed by atoms with Crippen LogP contribution in [0.1, 0.15) is 22.5 Å². The highest BCUT2D eigenvalue weighted by Gasteiger charge is 2.14. The van der Waals surface area contributed by atoms with Crippen LogP contribution in [-0.2, 0) is 11.3 Å². The molecule has 1 aliphatic heterocycles. The van der Waals surface area contributed by atoms with E-state index in [9.17, 15) is 4.79 Å². The standard InChI is InChI=1S/C18H23N3O4/c22-18(19-7-4-8-21-9-11-23-12-10-21)16-13-17(20-25-16)24-14-15-5-2-1-3-6-15/h1-3,5-6,13H,4,7-12,14H2,(H,19,22). The van der Waals surface area contributed by atoms with E-state index in [1.165, 1.54) is 6.07 Å². The van der Waals surface area contributed by atoms with Crippen LogP contribution < -0.4 is 10.1 Å². The van der Waals surface area contributed by atoms with Crippen LogP contribution in [-0.4, -0.2) is 55.4 Å². The third-order valence-corrected chi connectivity index (χ3v) is 3.98. The van der Waals surface area contributed by atoms with Crippen molar-refractivity contribution in [1.82, 2.24) is 15.4 Å². The molecule has 1 aliphatic rings. The Hall–Kier alpha value is -2.38. The summed E-state index contributed by atoms with van der Waals surface area (Å²) in [5, 5.41) is 6.61. The molecule has 0 saturated carbocycles. The number of benzene rings is 1. The number of carbonyl (C=O) groups is 1. The van der Waals surface area contributed by atoms with Crippen molar-refractivity contribution >= 4 is 5.91 Å². The summed E-state index contributed by atoms with van der Waals surface area (Å²) in [4.78, 5) is 14.4. The van der Waals surface area contributed by atoms with Crippen LogP contribution in [0.3, 0.4) is 0 Å². The van der Waals surface area contributed by atoms with Gasteiger partial charge in [-0.1, -0.05) is 30.3 Å². The zero-order valence-electron chi connectivity index (χ0n) is 14.1. The SMILES string of the molecule is O=C(NCCCN1CCOCC1)c1cc(OCc2ccccc2)no1. The second-order valence-corrected chi connectivity index (χ2v) is 5.87. The van der Waals surface area contributed by atoms with E-state index in [0.29, 0.717) is 19.0 Å². The van der Waals surface area contributed by atoms with Crippen LogP contribution in [0.4, 0.5) is 0 Å². The monoisotopic (exact) mass is 345 g/mol. The Kier molecular flexibility index (Phi) is 6.42. The predicted molar refractivity (Wildman–Crippen MR) is 91.5 cm³/mol. The van der Waals surface area contributed by atoms with Gasteiger partial charge in [0.1, 0.15) is 6.61 Å². The molecule has 1 N–H and O–H groups in total. The highest BCUT2D eigenvalue weighted by molar-refractivity contribution is 5.91. The minimum atomic E-state index is -0.274. The largest absolute Gasteiger partial charge is 0.471 e. The molecular weight excluding hydrogens is 322 g/mol. The minimum Gasteiger partial charge on any atom is -0.471 e. The summed E-state index contributed by atoms with van der Waals surface area (Å²) in [5.74, 6) is 0.195. The number of hydrogen-bond acceptors (Lipinski definition) is 6. The fourth-order valence-corrected chi connectivity index (χ4v) is 2.58. The maximum Gasteiger partial charge on any atom is 0.290 e. The van der Waals surface area contributed by atoms with E-state index in [-0.39, 0.29) is 11.7 Å². The van der Waals surface area contributed by atoms with Crippen LogP contribution in [0.25, 0.3) is 0 Å². The maximum atomic E-state index is 12.0. The first-order valence-electron chi connectivity index (χ1n) is 8.53. The van der Waals surface area contributed by atoms with E-state index in [2.05, 4.69) is 15.4 Å². The van der Waals surface area contributed by atoms with E-state index in [1.807, 2.05) is 30.3 Å². The van der Waals surface area contributed by atoms with Crippen LogP contribution in [0.5, 0.6) is 5.88 Å². The van der Waals surface area contributed by atoms with Gasteiger partial charge in [0.15, 0.2) is 0 Å². The van der Waals surface area contributed by atoms with Gasteiger partial charge in [-0.25, -0.2) is 0 Å². The van der Waals surface area contributed by atoms with Crippen molar-refractivity contribution in [2.45, 2.75) is 13.0 Å². The molecular formula is C18H23N3O4. The van der Waals surface area contributed by atoms with Gasteiger partial charge >= 0.3 is 0 Å². The number of aromatic nitrogens is 1. The summed E-state index contributed by atoms with van der Waals surface area (Å²) >= 11 is 0. The van der Waals surface area contributed by atoms with Crippen molar-refractivity contribution in [2.75, 3.05) is 39.4 Å². The van der Waals surface area contributed by atoms with Crippen LogP contribution >= 0.6 is 0 Å². The third kappa shape index (κ3) is 5.58. The molecule has 1 fully saturated rings. The van der Waals surface area contributed by atoms with E-state index in [0.717, 1.165) is 44.8 Å². The molecule has 0 aliphatic carbocycles. The molecule has 1 aromatic heterocycles. The number of hydrogen-bond donors (Lipinski definition) is 1. The normalized spacial score (nSPS) is 15.0. The molecule has 0 radical (unpaired) electrons. The lowest BCUT2D eigenvalue weighted by molar-refractivity contribution is 0.0374. The molecule has 2 aromatic rings. The van der Waals surface area contributed by atoms with E-state index >= 15 is 0 Å². The summed E-state index contributed by atoms with van der Waals surface area (Å²) in [6, 6.07) is 11.3. The molecule has 0 bridgehead atoms. The van der Waals surface area contributed by atoms with Gasteiger partial charge in [0.2, 0.25) is 5.76 Å². The quantitative estimate of drug-likeness (QED) is 0.734. The minimum absolute atomic E-state index is 0.162. The average Bonchev–Trinajstić information content (AvgIpc) is 3.14. The molecule has 1 aromatic carbocycles. The highest BCUT2D eigenvalue weighted by Crippen LogP contribution is 2.13. The molecule has 3 rings (SSSR count). The second kappa shape index (κ2) is 9.19. The summed E-state index contributed by atoms with van der Waals surface area (Å²) in [6.07, 6.45) is 0.886. The smallest absolute Gasteiger partial charge is 0.290 e. The lowest BCUT2D eigenvalue weighted by Crippen LogP contribution is -2.38. The van der Waals surface area contributed by atoms with Gasteiger partial charge in [0, 0.05) is 19.6 Å². The third-order valence-electron chi connectivity index (χ3n) is 3.98. The molecule has 0 unspecified atom stereocenters. The zero-order valence-corrected chi connectivity index (χ0v) is 14.1. The number of rotatable bonds is 8. The van der Waals surface area contributed by atoms with Gasteiger partial charge in [-0.2, -0.15) is 0 Å². The van der Waals surface area contributed by atoms with Crippen LogP contribution in [0.15, 0.2) is 40.9 Å². The van der Waals surface area contributed by atoms with Gasteiger partial charge in [-0.15, -0.1) is 0 Å². The first-order chi connectivity index (χ1) is 12.3. The molecule has 1 saturated heterocycles. The van der Waals surface area contributed by atoms with E-state index < -0.39 is 0 Å². The van der Waals surface area contributed by atoms with Crippen molar-refractivity contribution < 1.29 is 18.8 Å². The topological polar surface area (TPSA) is 76.8 Å². The number of carbonyl (C=O) groups excluding carboxylic acids is 1. The Labute approximate surface area is 146 Å². The van der Waals surface area contributed by atoms with Crippen LogP contribution in [0.2, 0.25) is 0 Å². The van der Waals surface area contributed by atoms with Crippen LogP contribution in [0, 0.1) is 0 Å². The zero-order chi connectivity index (χ0) is 17.3. The van der Waals surface area contributed by atoms with Gasteiger partial charge in [-0.05, 0) is 23.7 Å². The molecule has 25 heavy (non-hydrogen) atoms. The summed E-state index contributed by atoms with van der Waals surface area (Å²) in [5.41, 5.74) is 1.03. The number of amides is 1. The van der Waals surface area contributed by atoms with Crippen molar-refractivity contribution in [3.63, 3.8) is 0 Å². The Balaban J connectivity index is 1.36. The molecule has 0 spiro atoms. The lowest BCUT2D eigenvalue weighted by Gasteiger charge is -2.26. The van der Waals surface area contributed by atoms with E-state index in [4.69, 9.17) is 14.0 Å². The molecule has 2 heterocycles. The van der Waals surface area contributed by atoms with Crippen molar-refractivity contribution in [3.05, 3.63) is 47.7 Å². The Bertz CT molecular complexity index is 653. The van der Waals surface area contributed by atoms with Gasteiger partial charge in [0.25, 0.3) is 11.8 Å².